The van der Waals surface area contributed by atoms with Crippen molar-refractivity contribution in [2.45, 2.75) is 37.8 Å². The van der Waals surface area contributed by atoms with E-state index in [4.69, 9.17) is 21.0 Å². The summed E-state index contributed by atoms with van der Waals surface area (Å²) < 4.78 is 49.7. The van der Waals surface area contributed by atoms with Crippen molar-refractivity contribution in [3.05, 3.63) is 69.6 Å². The van der Waals surface area contributed by atoms with Crippen LogP contribution < -0.4 is 0 Å². The van der Waals surface area contributed by atoms with Gasteiger partial charge in [-0.25, -0.2) is 4.98 Å². The molecule has 2 aromatic carbocycles. The van der Waals surface area contributed by atoms with E-state index >= 15 is 0 Å². The van der Waals surface area contributed by atoms with Gasteiger partial charge in [0.2, 0.25) is 5.89 Å². The Morgan fingerprint density at radius 1 is 1.06 bits per heavy atom. The van der Waals surface area contributed by atoms with E-state index in [1.807, 2.05) is 47.0 Å². The van der Waals surface area contributed by atoms with Gasteiger partial charge in [-0.05, 0) is 56.2 Å². The van der Waals surface area contributed by atoms with E-state index in [-0.39, 0.29) is 18.7 Å². The van der Waals surface area contributed by atoms with Gasteiger partial charge in [-0.1, -0.05) is 46.1 Å². The van der Waals surface area contributed by atoms with Crippen LogP contribution in [0.3, 0.4) is 0 Å². The van der Waals surface area contributed by atoms with Crippen LogP contribution in [-0.2, 0) is 5.41 Å². The lowest BCUT2D eigenvalue weighted by Crippen LogP contribution is -2.48. The van der Waals surface area contributed by atoms with Crippen LogP contribution in [0.4, 0.5) is 13.2 Å². The molecule has 5 nitrogen and oxygen atoms in total. The number of alkyl halides is 3. The molecule has 33 heavy (non-hydrogen) atoms. The molecule has 0 saturated heterocycles. The summed E-state index contributed by atoms with van der Waals surface area (Å²) in [6.45, 7) is 1.80. The summed E-state index contributed by atoms with van der Waals surface area (Å²) in [5.41, 5.74) is 0.337. The van der Waals surface area contributed by atoms with E-state index in [1.165, 1.54) is 0 Å². The zero-order valence-electron chi connectivity index (χ0n) is 17.3. The number of halogens is 5. The van der Waals surface area contributed by atoms with Crippen molar-refractivity contribution >= 4 is 27.5 Å². The predicted octanol–water partition coefficient (Wildman–Crippen LogP) is 7.30. The molecule has 0 amide bonds. The Balaban J connectivity index is 1.67. The number of imidazole rings is 1. The average Bonchev–Trinajstić information content (AvgIpc) is 3.32. The first-order chi connectivity index (χ1) is 15.7. The maximum Gasteiger partial charge on any atom is 0.403 e. The monoisotopic (exact) mass is 536 g/mol. The van der Waals surface area contributed by atoms with Gasteiger partial charge < -0.3 is 4.42 Å². The summed E-state index contributed by atoms with van der Waals surface area (Å²) in [6.07, 6.45) is -4.11. The zero-order chi connectivity index (χ0) is 23.4. The minimum Gasteiger partial charge on any atom is -0.418 e. The maximum atomic E-state index is 13.8. The number of nitrogens with zero attached hydrogens (tertiary/aromatic N) is 4. The highest BCUT2D eigenvalue weighted by Gasteiger charge is 2.63. The molecule has 1 aliphatic rings. The molecule has 170 valence electrons. The summed E-state index contributed by atoms with van der Waals surface area (Å²) in [5.74, 6) is 0.0553. The van der Waals surface area contributed by atoms with Crippen molar-refractivity contribution in [1.29, 1.82) is 0 Å². The van der Waals surface area contributed by atoms with Crippen LogP contribution in [-0.4, -0.2) is 25.9 Å². The molecule has 2 aromatic heterocycles. The molecule has 4 aromatic rings. The largest absolute Gasteiger partial charge is 0.418 e. The molecule has 0 unspecified atom stereocenters. The van der Waals surface area contributed by atoms with E-state index in [2.05, 4.69) is 26.1 Å². The van der Waals surface area contributed by atoms with Gasteiger partial charge in [0.15, 0.2) is 0 Å². The lowest BCUT2D eigenvalue weighted by Gasteiger charge is -2.39. The Bertz CT molecular complexity index is 1330. The van der Waals surface area contributed by atoms with Crippen molar-refractivity contribution in [3.63, 3.8) is 0 Å². The molecule has 1 saturated carbocycles. The lowest BCUT2D eigenvalue weighted by atomic mass is 9.68. The van der Waals surface area contributed by atoms with Crippen molar-refractivity contribution in [2.24, 2.45) is 0 Å². The molecule has 10 heteroatoms. The summed E-state index contributed by atoms with van der Waals surface area (Å²) in [6, 6.07) is 14.8. The third-order valence-corrected chi connectivity index (χ3v) is 6.95. The summed E-state index contributed by atoms with van der Waals surface area (Å²) >= 11 is 9.89. The number of benzene rings is 2. The Morgan fingerprint density at radius 2 is 1.76 bits per heavy atom. The molecule has 0 atom stereocenters. The molecule has 5 rings (SSSR count). The highest BCUT2D eigenvalue weighted by Crippen LogP contribution is 2.54. The molecule has 1 fully saturated rings. The average molecular weight is 538 g/mol. The van der Waals surface area contributed by atoms with Gasteiger partial charge >= 0.3 is 6.18 Å². The van der Waals surface area contributed by atoms with Crippen LogP contribution >= 0.6 is 27.5 Å². The minimum atomic E-state index is -4.45. The predicted molar refractivity (Wildman–Crippen MR) is 121 cm³/mol. The topological polar surface area (TPSA) is 56.7 Å². The fourth-order valence-corrected chi connectivity index (χ4v) is 4.58. The van der Waals surface area contributed by atoms with E-state index in [0.717, 1.165) is 10.2 Å². The Morgan fingerprint density at radius 3 is 2.36 bits per heavy atom. The van der Waals surface area contributed by atoms with E-state index in [1.54, 1.807) is 13.0 Å². The van der Waals surface area contributed by atoms with Gasteiger partial charge in [0.05, 0.1) is 10.7 Å². The maximum absolute atomic E-state index is 13.8. The fourth-order valence-electron chi connectivity index (χ4n) is 4.09. The first-order valence-corrected chi connectivity index (χ1v) is 11.4. The van der Waals surface area contributed by atoms with Crippen molar-refractivity contribution < 1.29 is 17.6 Å². The first kappa shape index (κ1) is 22.2. The molecular weight excluding hydrogens is 521 g/mol. The van der Waals surface area contributed by atoms with Crippen LogP contribution in [0.1, 0.15) is 30.8 Å². The lowest BCUT2D eigenvalue weighted by molar-refractivity contribution is -0.219. The van der Waals surface area contributed by atoms with E-state index in [0.29, 0.717) is 34.2 Å². The summed E-state index contributed by atoms with van der Waals surface area (Å²) in [7, 11) is 0. The van der Waals surface area contributed by atoms with Gasteiger partial charge in [0.25, 0.3) is 5.89 Å². The Hall–Kier alpha value is -2.65. The van der Waals surface area contributed by atoms with Crippen molar-refractivity contribution in [2.75, 3.05) is 0 Å². The Kier molecular flexibility index (Phi) is 5.36. The molecule has 0 spiro atoms. The van der Waals surface area contributed by atoms with Gasteiger partial charge in [-0.3, -0.25) is 4.57 Å². The van der Waals surface area contributed by atoms with Gasteiger partial charge in [0.1, 0.15) is 16.9 Å². The van der Waals surface area contributed by atoms with Gasteiger partial charge in [-0.2, -0.15) is 13.2 Å². The quantitative estimate of drug-likeness (QED) is 0.274. The van der Waals surface area contributed by atoms with Gasteiger partial charge in [-0.15, -0.1) is 10.2 Å². The number of hydrogen-bond donors (Lipinski definition) is 0. The van der Waals surface area contributed by atoms with Crippen molar-refractivity contribution in [1.82, 2.24) is 19.7 Å². The molecule has 1 aliphatic carbocycles. The van der Waals surface area contributed by atoms with E-state index < -0.39 is 17.5 Å². The molecule has 0 aliphatic heterocycles. The zero-order valence-corrected chi connectivity index (χ0v) is 19.7. The summed E-state index contributed by atoms with van der Waals surface area (Å²) in [5, 5.41) is 8.23. The standard InChI is InChI=1S/C23H17BrClF3N4O/c1-13-18(20-30-31-21(33-20)22(11-4-12-22)23(26,27)28)29-19(16-5-2-3-6-17(16)25)32(13)15-9-7-14(24)8-10-15/h2-3,5-10H,4,11-12H2,1H3. The second-order valence-corrected chi connectivity index (χ2v) is 9.33. The second-order valence-electron chi connectivity index (χ2n) is 8.01. The molecule has 0 radical (unpaired) electrons. The minimum absolute atomic E-state index is 0.0535. The number of rotatable bonds is 4. The second kappa shape index (κ2) is 7.99. The number of aromatic nitrogens is 4. The van der Waals surface area contributed by atoms with Crippen LogP contribution in [0.15, 0.2) is 57.4 Å². The summed E-state index contributed by atoms with van der Waals surface area (Å²) in [4.78, 5) is 4.70. The highest BCUT2D eigenvalue weighted by molar-refractivity contribution is 9.10. The van der Waals surface area contributed by atoms with Gasteiger partial charge in [0, 0.05) is 15.7 Å². The van der Waals surface area contributed by atoms with E-state index in [9.17, 15) is 13.2 Å². The smallest absolute Gasteiger partial charge is 0.403 e. The van der Waals surface area contributed by atoms with Crippen LogP contribution in [0.25, 0.3) is 28.7 Å². The molecular formula is C23H17BrClF3N4O. The Labute approximate surface area is 200 Å². The number of hydrogen-bond acceptors (Lipinski definition) is 4. The van der Waals surface area contributed by atoms with Crippen LogP contribution in [0.5, 0.6) is 0 Å². The normalized spacial score (nSPS) is 15.5. The van der Waals surface area contributed by atoms with Crippen molar-refractivity contribution in [3.8, 4) is 28.7 Å². The molecule has 2 heterocycles. The highest BCUT2D eigenvalue weighted by atomic mass is 79.9. The third-order valence-electron chi connectivity index (χ3n) is 6.09. The molecule has 0 N–H and O–H groups in total. The first-order valence-electron chi connectivity index (χ1n) is 10.2. The molecule has 0 bridgehead atoms. The van der Waals surface area contributed by atoms with Crippen LogP contribution in [0.2, 0.25) is 5.02 Å². The third kappa shape index (κ3) is 3.58. The fraction of sp³-hybridized carbons (Fsp3) is 0.261. The SMILES string of the molecule is Cc1c(-c2nnc(C3(C(F)(F)F)CCC3)o2)nc(-c2ccccc2Cl)n1-c1ccc(Br)cc1. The van der Waals surface area contributed by atoms with Crippen LogP contribution in [0, 0.1) is 6.92 Å².